The normalized spacial score (nSPS) is 11.8. The summed E-state index contributed by atoms with van der Waals surface area (Å²) in [7, 11) is -2.03. The Hall–Kier alpha value is -0.880. The average Bonchev–Trinajstić information content (AvgIpc) is 2.36. The zero-order valence-electron chi connectivity index (χ0n) is 5.93. The minimum absolute atomic E-state index is 0.111. The van der Waals surface area contributed by atoms with Crippen LogP contribution in [-0.2, 0) is 16.9 Å². The minimum atomic E-state index is -3.58. The molecule has 1 aromatic rings. The predicted molar refractivity (Wildman–Crippen MR) is 37.5 cm³/mol. The lowest BCUT2D eigenvalue weighted by Crippen LogP contribution is -2.11. The molecule has 0 fully saturated rings. The highest BCUT2D eigenvalue weighted by Crippen LogP contribution is 2.04. The van der Waals surface area contributed by atoms with Crippen LogP contribution in [0.4, 0.5) is 0 Å². The first-order valence-electron chi connectivity index (χ1n) is 2.89. The van der Waals surface area contributed by atoms with Gasteiger partial charge in [-0.1, -0.05) is 0 Å². The molecule has 0 bridgehead atoms. The van der Waals surface area contributed by atoms with Gasteiger partial charge in [0.25, 0.3) is 0 Å². The van der Waals surface area contributed by atoms with Crippen molar-refractivity contribution >= 4 is 9.84 Å². The molecule has 0 radical (unpaired) electrons. The smallest absolute Gasteiger partial charge is 0.235 e. The molecular weight excluding hydrogens is 168 g/mol. The second-order valence-corrected chi connectivity index (χ2v) is 3.92. The average molecular weight is 176 g/mol. The highest BCUT2D eigenvalue weighted by molar-refractivity contribution is 7.91. The molecule has 0 aliphatic heterocycles. The Bertz CT molecular complexity index is 340. The Morgan fingerprint density at radius 3 is 2.73 bits per heavy atom. The van der Waals surface area contributed by atoms with Gasteiger partial charge in [0.05, 0.1) is 0 Å². The van der Waals surface area contributed by atoms with E-state index in [1.54, 1.807) is 7.05 Å². The molecule has 1 heterocycles. The molecule has 0 saturated heterocycles. The second kappa shape index (κ2) is 2.63. The number of aromatic nitrogens is 2. The molecule has 1 aromatic heterocycles. The molecule has 62 valence electrons. The Morgan fingerprint density at radius 2 is 2.36 bits per heavy atom. The molecule has 0 aromatic carbocycles. The van der Waals surface area contributed by atoms with E-state index in [-0.39, 0.29) is 5.16 Å². The standard InChI is InChI=1S/C5H8N2O3S/c1-7-3-2-6-5(7)11(9,10)4-8/h2-3,8H,4H2,1H3. The lowest BCUT2D eigenvalue weighted by molar-refractivity contribution is 0.356. The summed E-state index contributed by atoms with van der Waals surface area (Å²) < 4.78 is 23.2. The third-order valence-electron chi connectivity index (χ3n) is 1.23. The zero-order chi connectivity index (χ0) is 8.48. The van der Waals surface area contributed by atoms with Crippen LogP contribution in [0.3, 0.4) is 0 Å². The third-order valence-corrected chi connectivity index (χ3v) is 2.51. The summed E-state index contributed by atoms with van der Waals surface area (Å²) in [4.78, 5) is 3.57. The molecule has 1 N–H and O–H groups in total. The van der Waals surface area contributed by atoms with Gasteiger partial charge in [-0.25, -0.2) is 13.4 Å². The highest BCUT2D eigenvalue weighted by atomic mass is 32.2. The maximum atomic E-state index is 10.9. The molecule has 0 atom stereocenters. The SMILES string of the molecule is Cn1ccnc1S(=O)(=O)CO. The number of aliphatic hydroxyl groups is 1. The maximum absolute atomic E-state index is 10.9. The molecule has 0 spiro atoms. The van der Waals surface area contributed by atoms with Gasteiger partial charge in [-0.2, -0.15) is 0 Å². The number of sulfone groups is 1. The summed E-state index contributed by atoms with van der Waals surface area (Å²) in [5.41, 5.74) is 0. The fourth-order valence-electron chi connectivity index (χ4n) is 0.709. The van der Waals surface area contributed by atoms with Crippen molar-refractivity contribution in [2.75, 3.05) is 5.94 Å². The first kappa shape index (κ1) is 8.22. The van der Waals surface area contributed by atoms with Crippen molar-refractivity contribution in [1.29, 1.82) is 0 Å². The molecule has 5 nitrogen and oxygen atoms in total. The van der Waals surface area contributed by atoms with Crippen LogP contribution in [0.1, 0.15) is 0 Å². The molecule has 0 saturated carbocycles. The van der Waals surface area contributed by atoms with E-state index in [1.165, 1.54) is 17.0 Å². The molecule has 1 rings (SSSR count). The fourth-order valence-corrected chi connectivity index (χ4v) is 1.55. The van der Waals surface area contributed by atoms with Gasteiger partial charge in [0.1, 0.15) is 0 Å². The van der Waals surface area contributed by atoms with Crippen LogP contribution in [0.2, 0.25) is 0 Å². The summed E-state index contributed by atoms with van der Waals surface area (Å²) in [6, 6.07) is 0. The van der Waals surface area contributed by atoms with Crippen molar-refractivity contribution in [3.8, 4) is 0 Å². The van der Waals surface area contributed by atoms with Crippen molar-refractivity contribution in [1.82, 2.24) is 9.55 Å². The van der Waals surface area contributed by atoms with Crippen molar-refractivity contribution < 1.29 is 13.5 Å². The van der Waals surface area contributed by atoms with Gasteiger partial charge in [-0.15, -0.1) is 0 Å². The summed E-state index contributed by atoms with van der Waals surface area (Å²) in [6.07, 6.45) is 2.87. The van der Waals surface area contributed by atoms with Crippen molar-refractivity contribution in [3.05, 3.63) is 12.4 Å². The van der Waals surface area contributed by atoms with Gasteiger partial charge in [0.15, 0.2) is 5.94 Å². The van der Waals surface area contributed by atoms with E-state index in [9.17, 15) is 8.42 Å². The lowest BCUT2D eigenvalue weighted by atomic mass is 10.9. The number of rotatable bonds is 2. The predicted octanol–water partition coefficient (Wildman–Crippen LogP) is -0.856. The molecule has 0 amide bonds. The van der Waals surface area contributed by atoms with E-state index in [4.69, 9.17) is 5.11 Å². The Balaban J connectivity index is 3.22. The minimum Gasteiger partial charge on any atom is -0.380 e. The number of imidazole rings is 1. The first-order chi connectivity index (χ1) is 5.08. The molecule has 0 aliphatic rings. The summed E-state index contributed by atoms with van der Waals surface area (Å²) in [5.74, 6) is -0.905. The van der Waals surface area contributed by atoms with E-state index < -0.39 is 15.8 Å². The number of aliphatic hydroxyl groups excluding tert-OH is 1. The molecule has 0 aliphatic carbocycles. The quantitative estimate of drug-likeness (QED) is 0.636. The number of hydrogen-bond donors (Lipinski definition) is 1. The van der Waals surface area contributed by atoms with E-state index in [2.05, 4.69) is 4.98 Å². The van der Waals surface area contributed by atoms with Crippen LogP contribution >= 0.6 is 0 Å². The van der Waals surface area contributed by atoms with E-state index >= 15 is 0 Å². The number of hydrogen-bond acceptors (Lipinski definition) is 4. The topological polar surface area (TPSA) is 72.2 Å². The zero-order valence-corrected chi connectivity index (χ0v) is 6.74. The van der Waals surface area contributed by atoms with Gasteiger partial charge in [-0.3, -0.25) is 0 Å². The summed E-state index contributed by atoms with van der Waals surface area (Å²) in [6.45, 7) is 0. The molecular formula is C5H8N2O3S. The largest absolute Gasteiger partial charge is 0.380 e. The summed E-state index contributed by atoms with van der Waals surface area (Å²) in [5, 5.41) is 8.34. The Kier molecular flexibility index (Phi) is 1.97. The van der Waals surface area contributed by atoms with Gasteiger partial charge in [-0.05, 0) is 0 Å². The number of aryl methyl sites for hydroxylation is 1. The molecule has 11 heavy (non-hydrogen) atoms. The first-order valence-corrected chi connectivity index (χ1v) is 4.54. The van der Waals surface area contributed by atoms with Gasteiger partial charge in [0, 0.05) is 19.4 Å². The maximum Gasteiger partial charge on any atom is 0.235 e. The molecule has 6 heteroatoms. The lowest BCUT2D eigenvalue weighted by Gasteiger charge is -1.98. The number of nitrogens with zero attached hydrogens (tertiary/aromatic N) is 2. The third kappa shape index (κ3) is 1.41. The van der Waals surface area contributed by atoms with E-state index in [0.29, 0.717) is 0 Å². The van der Waals surface area contributed by atoms with Crippen LogP contribution < -0.4 is 0 Å². The van der Waals surface area contributed by atoms with Crippen LogP contribution in [0.5, 0.6) is 0 Å². The second-order valence-electron chi connectivity index (χ2n) is 2.06. The van der Waals surface area contributed by atoms with Crippen LogP contribution in [-0.4, -0.2) is 29.0 Å². The van der Waals surface area contributed by atoms with Crippen LogP contribution in [0.15, 0.2) is 17.6 Å². The Morgan fingerprint density at radius 1 is 1.73 bits per heavy atom. The summed E-state index contributed by atoms with van der Waals surface area (Å²) >= 11 is 0. The monoisotopic (exact) mass is 176 g/mol. The van der Waals surface area contributed by atoms with Crippen molar-refractivity contribution in [3.63, 3.8) is 0 Å². The van der Waals surface area contributed by atoms with Crippen molar-refractivity contribution in [2.45, 2.75) is 5.16 Å². The van der Waals surface area contributed by atoms with Crippen molar-refractivity contribution in [2.24, 2.45) is 7.05 Å². The van der Waals surface area contributed by atoms with Gasteiger partial charge >= 0.3 is 0 Å². The fraction of sp³-hybridized carbons (Fsp3) is 0.400. The van der Waals surface area contributed by atoms with Crippen LogP contribution in [0, 0.1) is 0 Å². The van der Waals surface area contributed by atoms with Gasteiger partial charge < -0.3 is 9.67 Å². The Labute approximate surface area is 64.2 Å². The molecule has 0 unspecified atom stereocenters. The van der Waals surface area contributed by atoms with Crippen LogP contribution in [0.25, 0.3) is 0 Å². The van der Waals surface area contributed by atoms with Gasteiger partial charge in [0.2, 0.25) is 15.0 Å². The van der Waals surface area contributed by atoms with E-state index in [0.717, 1.165) is 0 Å². The highest BCUT2D eigenvalue weighted by Gasteiger charge is 2.16. The van der Waals surface area contributed by atoms with E-state index in [1.807, 2.05) is 0 Å².